The fraction of sp³-hybridized carbons (Fsp3) is 0.553. The maximum absolute atomic E-state index is 12.6. The van der Waals surface area contributed by atoms with E-state index in [0.29, 0.717) is 52.1 Å². The van der Waals surface area contributed by atoms with Crippen molar-refractivity contribution in [1.29, 1.82) is 0 Å². The molecule has 0 saturated carbocycles. The lowest BCUT2D eigenvalue weighted by atomic mass is 10.2. The lowest BCUT2D eigenvalue weighted by Gasteiger charge is -2.25. The summed E-state index contributed by atoms with van der Waals surface area (Å²) in [6.45, 7) is 0.384. The molecule has 0 unspecified atom stereocenters. The van der Waals surface area contributed by atoms with Gasteiger partial charge in [0.2, 0.25) is 5.91 Å². The number of carbonyl (C=O) groups is 5. The maximum atomic E-state index is 12.6. The highest BCUT2D eigenvalue weighted by Crippen LogP contribution is 2.32. The van der Waals surface area contributed by atoms with Crippen molar-refractivity contribution in [2.45, 2.75) is 25.7 Å². The van der Waals surface area contributed by atoms with Gasteiger partial charge >= 0.3 is 23.9 Å². The molecule has 0 bridgehead atoms. The van der Waals surface area contributed by atoms with Crippen LogP contribution in [0.3, 0.4) is 0 Å². The van der Waals surface area contributed by atoms with E-state index in [9.17, 15) is 44.4 Å². The molecule has 324 valence electrons. The van der Waals surface area contributed by atoms with E-state index in [-0.39, 0.29) is 61.6 Å². The minimum atomic E-state index is -1.32. The zero-order chi connectivity index (χ0) is 42.4. The number of hydrogen-bond donors (Lipinski definition) is 5. The number of nitrogens with zero attached hydrogens (tertiary/aromatic N) is 2. The summed E-state index contributed by atoms with van der Waals surface area (Å²) in [5.74, 6) is -4.71. The Kier molecular flexibility index (Phi) is 25.6. The van der Waals surface area contributed by atoms with Crippen molar-refractivity contribution in [2.24, 2.45) is 0 Å². The quantitative estimate of drug-likeness (QED) is 0.0489. The topological polar surface area (TPSA) is 249 Å². The number of para-hydroxylation sites is 2. The summed E-state index contributed by atoms with van der Waals surface area (Å²) < 4.78 is 38.9. The van der Waals surface area contributed by atoms with Gasteiger partial charge in [0, 0.05) is 18.2 Å². The Morgan fingerprint density at radius 2 is 0.966 bits per heavy atom. The molecule has 19 nitrogen and oxygen atoms in total. The van der Waals surface area contributed by atoms with E-state index in [0.717, 1.165) is 35.5 Å². The molecule has 0 spiro atoms. The zero-order valence-corrected chi connectivity index (χ0v) is 33.1. The first-order chi connectivity index (χ1) is 28.0. The van der Waals surface area contributed by atoms with Gasteiger partial charge < -0.3 is 68.7 Å². The van der Waals surface area contributed by atoms with Gasteiger partial charge in [-0.2, -0.15) is 0 Å². The van der Waals surface area contributed by atoms with E-state index >= 15 is 0 Å². The van der Waals surface area contributed by atoms with Crippen molar-refractivity contribution in [1.82, 2.24) is 0 Å². The zero-order valence-electron chi connectivity index (χ0n) is 32.4. The smallest absolute Gasteiger partial charge is 0.323 e. The van der Waals surface area contributed by atoms with Crippen LogP contribution in [0.4, 0.5) is 17.1 Å². The molecule has 2 aromatic rings. The number of alkyl halides is 1. The van der Waals surface area contributed by atoms with E-state index in [1.54, 1.807) is 12.1 Å². The summed E-state index contributed by atoms with van der Waals surface area (Å²) in [7, 11) is 0. The SMILES string of the molecule is O=C(O)CN(CC(=O)O)c1ccccc1OCCOc1ccc(NC(=O)COCCOCCOCCOCCOCCCCCCCl)cc1N(CC(=O)O)CC(=O)O. The van der Waals surface area contributed by atoms with Crippen molar-refractivity contribution in [3.05, 3.63) is 42.5 Å². The average Bonchev–Trinajstić information content (AvgIpc) is 3.16. The highest BCUT2D eigenvalue weighted by atomic mass is 35.5. The summed E-state index contributed by atoms with van der Waals surface area (Å²) in [5.41, 5.74) is 0.478. The van der Waals surface area contributed by atoms with E-state index < -0.39 is 56.0 Å². The first kappa shape index (κ1) is 49.2. The van der Waals surface area contributed by atoms with Gasteiger partial charge in [0.25, 0.3) is 0 Å². The van der Waals surface area contributed by atoms with Gasteiger partial charge in [-0.1, -0.05) is 25.0 Å². The Hall–Kier alpha value is -4.92. The van der Waals surface area contributed by atoms with Crippen LogP contribution in [0, 0.1) is 0 Å². The van der Waals surface area contributed by atoms with Crippen LogP contribution in [-0.4, -0.2) is 162 Å². The van der Waals surface area contributed by atoms with Gasteiger partial charge in [-0.05, 0) is 43.2 Å². The number of unbranched alkanes of at least 4 members (excludes halogenated alkanes) is 3. The Labute approximate surface area is 341 Å². The number of carboxylic acid groups (broad SMARTS) is 4. The summed E-state index contributed by atoms with van der Waals surface area (Å²) in [6, 6.07) is 10.5. The molecule has 2 aromatic carbocycles. The van der Waals surface area contributed by atoms with Crippen LogP contribution in [0.15, 0.2) is 42.5 Å². The van der Waals surface area contributed by atoms with E-state index in [1.807, 2.05) is 0 Å². The highest BCUT2D eigenvalue weighted by molar-refractivity contribution is 6.17. The van der Waals surface area contributed by atoms with Crippen molar-refractivity contribution >= 4 is 58.4 Å². The summed E-state index contributed by atoms with van der Waals surface area (Å²) in [4.78, 5) is 60.7. The van der Waals surface area contributed by atoms with Gasteiger partial charge in [0.15, 0.2) is 0 Å². The number of nitrogens with one attached hydrogen (secondary N) is 1. The Balaban J connectivity index is 1.81. The molecule has 20 heteroatoms. The second-order valence-electron chi connectivity index (χ2n) is 12.3. The molecule has 0 aliphatic rings. The van der Waals surface area contributed by atoms with Gasteiger partial charge in [0.05, 0.1) is 64.2 Å². The van der Waals surface area contributed by atoms with Gasteiger partial charge in [0.1, 0.15) is 57.5 Å². The third-order valence-electron chi connectivity index (χ3n) is 7.59. The molecule has 0 aromatic heterocycles. The molecule has 0 saturated heterocycles. The Morgan fingerprint density at radius 1 is 0.517 bits per heavy atom. The van der Waals surface area contributed by atoms with Gasteiger partial charge in [-0.15, -0.1) is 11.6 Å². The molecular weight excluding hydrogens is 790 g/mol. The number of rotatable bonds is 36. The third kappa shape index (κ3) is 22.7. The number of hydrogen-bond acceptors (Lipinski definition) is 14. The number of benzene rings is 2. The molecule has 0 heterocycles. The van der Waals surface area contributed by atoms with Crippen molar-refractivity contribution in [2.75, 3.05) is 126 Å². The van der Waals surface area contributed by atoms with Crippen LogP contribution in [0.1, 0.15) is 25.7 Å². The standard InChI is InChI=1S/C38H54ClN3O16/c39-11-5-1-2-6-12-52-13-14-53-15-16-54-17-18-55-19-20-56-28-34(43)40-29-9-10-33(31(23-29)42(26-37(48)49)27-38(50)51)58-22-21-57-32-8-4-3-7-30(32)41(24-35(44)45)25-36(46)47/h3-4,7-10,23H,1-2,5-6,11-22,24-28H2,(H,40,43)(H,44,45)(H,46,47)(H,48,49)(H,50,51). The Bertz CT molecular complexity index is 1500. The highest BCUT2D eigenvalue weighted by Gasteiger charge is 2.21. The number of amides is 1. The summed E-state index contributed by atoms with van der Waals surface area (Å²) >= 11 is 5.65. The van der Waals surface area contributed by atoms with Crippen LogP contribution in [-0.2, 0) is 47.7 Å². The van der Waals surface area contributed by atoms with Crippen molar-refractivity contribution < 1.29 is 77.6 Å². The monoisotopic (exact) mass is 843 g/mol. The fourth-order valence-corrected chi connectivity index (χ4v) is 5.30. The number of ether oxygens (including phenoxy) is 7. The minimum Gasteiger partial charge on any atom is -0.488 e. The van der Waals surface area contributed by atoms with Crippen LogP contribution in [0.2, 0.25) is 0 Å². The van der Waals surface area contributed by atoms with Crippen molar-refractivity contribution in [3.63, 3.8) is 0 Å². The molecular formula is C38H54ClN3O16. The van der Waals surface area contributed by atoms with Gasteiger partial charge in [-0.25, -0.2) is 0 Å². The second-order valence-corrected chi connectivity index (χ2v) is 12.7. The molecule has 0 atom stereocenters. The third-order valence-corrected chi connectivity index (χ3v) is 7.85. The number of carboxylic acids is 4. The summed E-state index contributed by atoms with van der Waals surface area (Å²) in [6.07, 6.45) is 4.27. The predicted molar refractivity (Wildman–Crippen MR) is 211 cm³/mol. The van der Waals surface area contributed by atoms with Crippen LogP contribution in [0.5, 0.6) is 11.5 Å². The fourth-order valence-electron chi connectivity index (χ4n) is 5.11. The van der Waals surface area contributed by atoms with Crippen LogP contribution >= 0.6 is 11.6 Å². The van der Waals surface area contributed by atoms with Crippen LogP contribution < -0.4 is 24.6 Å². The van der Waals surface area contributed by atoms with Crippen molar-refractivity contribution in [3.8, 4) is 11.5 Å². The normalized spacial score (nSPS) is 10.8. The number of carbonyl (C=O) groups excluding carboxylic acids is 1. The molecule has 58 heavy (non-hydrogen) atoms. The lowest BCUT2D eigenvalue weighted by molar-refractivity contribution is -0.138. The minimum absolute atomic E-state index is 0.0503. The largest absolute Gasteiger partial charge is 0.488 e. The first-order valence-electron chi connectivity index (χ1n) is 18.6. The number of anilines is 3. The number of halogens is 1. The molecule has 0 aliphatic carbocycles. The van der Waals surface area contributed by atoms with E-state index in [4.69, 9.17) is 44.8 Å². The molecule has 1 amide bonds. The Morgan fingerprint density at radius 3 is 1.48 bits per heavy atom. The number of aliphatic carboxylic acids is 4. The lowest BCUT2D eigenvalue weighted by Crippen LogP contribution is -2.35. The molecule has 0 fully saturated rings. The predicted octanol–water partition coefficient (Wildman–Crippen LogP) is 2.92. The van der Waals surface area contributed by atoms with E-state index in [2.05, 4.69) is 5.32 Å². The molecule has 0 aliphatic heterocycles. The molecule has 5 N–H and O–H groups in total. The summed E-state index contributed by atoms with van der Waals surface area (Å²) in [5, 5.41) is 40.1. The maximum Gasteiger partial charge on any atom is 0.323 e. The first-order valence-corrected chi connectivity index (χ1v) is 19.1. The van der Waals surface area contributed by atoms with Gasteiger partial charge in [-0.3, -0.25) is 24.0 Å². The molecule has 0 radical (unpaired) electrons. The average molecular weight is 844 g/mol. The molecule has 2 rings (SSSR count). The van der Waals surface area contributed by atoms with E-state index in [1.165, 1.54) is 30.3 Å². The second kappa shape index (κ2) is 30.2. The van der Waals surface area contributed by atoms with Crippen LogP contribution in [0.25, 0.3) is 0 Å².